The predicted molar refractivity (Wildman–Crippen MR) is 76.2 cm³/mol. The van der Waals surface area contributed by atoms with Gasteiger partial charge in [0, 0.05) is 11.6 Å². The zero-order valence-electron chi connectivity index (χ0n) is 12.1. The molecule has 118 valence electrons. The van der Waals surface area contributed by atoms with E-state index in [0.717, 1.165) is 37.8 Å². The first kappa shape index (κ1) is 14.9. The molecule has 0 aliphatic heterocycles. The molecule has 1 aromatic rings. The quantitative estimate of drug-likeness (QED) is 0.896. The number of amides is 2. The predicted octanol–water partition coefficient (Wildman–Crippen LogP) is 2.29. The van der Waals surface area contributed by atoms with Crippen molar-refractivity contribution in [1.82, 2.24) is 10.6 Å². The minimum Gasteiger partial charge on any atom is -0.351 e. The molecule has 0 saturated heterocycles. The molecule has 4 nitrogen and oxygen atoms in total. The molecule has 1 aromatic carbocycles. The maximum atomic E-state index is 13.3. The van der Waals surface area contributed by atoms with Crippen LogP contribution in [0.2, 0.25) is 0 Å². The third kappa shape index (κ3) is 2.96. The van der Waals surface area contributed by atoms with Crippen LogP contribution < -0.4 is 10.6 Å². The van der Waals surface area contributed by atoms with Gasteiger partial charge in [-0.15, -0.1) is 0 Å². The average Bonchev–Trinajstić information content (AvgIpc) is 3.17. The molecular weight excluding hydrogens is 290 g/mol. The van der Waals surface area contributed by atoms with Gasteiger partial charge in [0.25, 0.3) is 5.91 Å². The second-order valence-electron chi connectivity index (χ2n) is 6.12. The third-order valence-electron chi connectivity index (χ3n) is 4.34. The van der Waals surface area contributed by atoms with Crippen LogP contribution in [0.15, 0.2) is 18.2 Å². The van der Waals surface area contributed by atoms with Crippen molar-refractivity contribution in [3.05, 3.63) is 35.4 Å². The van der Waals surface area contributed by atoms with E-state index in [0.29, 0.717) is 12.8 Å². The largest absolute Gasteiger partial charge is 0.351 e. The number of carbonyl (C=O) groups is 2. The number of nitrogens with one attached hydrogen (secondary N) is 2. The lowest BCUT2D eigenvalue weighted by atomic mass is 9.95. The zero-order valence-corrected chi connectivity index (χ0v) is 12.1. The lowest BCUT2D eigenvalue weighted by Crippen LogP contribution is -2.57. The minimum absolute atomic E-state index is 0.0180. The maximum Gasteiger partial charge on any atom is 0.252 e. The Kier molecular flexibility index (Phi) is 3.85. The number of benzene rings is 1. The van der Waals surface area contributed by atoms with Crippen LogP contribution in [0, 0.1) is 11.6 Å². The SMILES string of the molecule is O=C(NC1(C(=O)NC2CC2)CCCC1)c1ccc(F)c(F)c1. The second-order valence-corrected chi connectivity index (χ2v) is 6.12. The summed E-state index contributed by atoms with van der Waals surface area (Å²) in [6, 6.07) is 3.20. The van der Waals surface area contributed by atoms with Crippen LogP contribution in [-0.4, -0.2) is 23.4 Å². The van der Waals surface area contributed by atoms with Crippen LogP contribution in [0.25, 0.3) is 0 Å². The first-order chi connectivity index (χ1) is 10.5. The molecule has 22 heavy (non-hydrogen) atoms. The van der Waals surface area contributed by atoms with Crippen LogP contribution in [0.1, 0.15) is 48.9 Å². The fraction of sp³-hybridized carbons (Fsp3) is 0.500. The molecule has 0 atom stereocenters. The smallest absolute Gasteiger partial charge is 0.252 e. The first-order valence-corrected chi connectivity index (χ1v) is 7.59. The number of rotatable bonds is 4. The van der Waals surface area contributed by atoms with Gasteiger partial charge >= 0.3 is 0 Å². The highest BCUT2D eigenvalue weighted by Crippen LogP contribution is 2.32. The van der Waals surface area contributed by atoms with Crippen molar-refractivity contribution in [2.45, 2.75) is 50.1 Å². The van der Waals surface area contributed by atoms with Gasteiger partial charge in [-0.05, 0) is 43.9 Å². The van der Waals surface area contributed by atoms with Crippen molar-refractivity contribution in [3.63, 3.8) is 0 Å². The van der Waals surface area contributed by atoms with E-state index >= 15 is 0 Å². The molecule has 2 fully saturated rings. The number of hydrogen-bond acceptors (Lipinski definition) is 2. The Labute approximate surface area is 127 Å². The summed E-state index contributed by atoms with van der Waals surface area (Å²) < 4.78 is 26.2. The second kappa shape index (κ2) is 5.66. The van der Waals surface area contributed by atoms with Gasteiger partial charge in [0.1, 0.15) is 5.54 Å². The molecule has 6 heteroatoms. The van der Waals surface area contributed by atoms with E-state index in [1.165, 1.54) is 6.07 Å². The van der Waals surface area contributed by atoms with Gasteiger partial charge in [-0.1, -0.05) is 12.8 Å². The van der Waals surface area contributed by atoms with Crippen LogP contribution in [0.4, 0.5) is 8.78 Å². The number of halogens is 2. The highest BCUT2D eigenvalue weighted by Gasteiger charge is 2.44. The van der Waals surface area contributed by atoms with Crippen molar-refractivity contribution in [2.24, 2.45) is 0 Å². The molecule has 2 aliphatic carbocycles. The molecule has 3 rings (SSSR count). The molecule has 2 aliphatic rings. The van der Waals surface area contributed by atoms with E-state index in [2.05, 4.69) is 10.6 Å². The van der Waals surface area contributed by atoms with E-state index in [4.69, 9.17) is 0 Å². The monoisotopic (exact) mass is 308 g/mol. The highest BCUT2D eigenvalue weighted by molar-refractivity contribution is 5.99. The Hall–Kier alpha value is -1.98. The van der Waals surface area contributed by atoms with Crippen LogP contribution in [0.3, 0.4) is 0 Å². The summed E-state index contributed by atoms with van der Waals surface area (Å²) in [5.41, 5.74) is -0.908. The summed E-state index contributed by atoms with van der Waals surface area (Å²) >= 11 is 0. The molecule has 0 aromatic heterocycles. The van der Waals surface area contributed by atoms with Crippen molar-refractivity contribution in [2.75, 3.05) is 0 Å². The highest BCUT2D eigenvalue weighted by atomic mass is 19.2. The van der Waals surface area contributed by atoms with Gasteiger partial charge in [0.05, 0.1) is 0 Å². The Morgan fingerprint density at radius 2 is 1.77 bits per heavy atom. The summed E-state index contributed by atoms with van der Waals surface area (Å²) in [7, 11) is 0. The number of hydrogen-bond donors (Lipinski definition) is 2. The van der Waals surface area contributed by atoms with E-state index in [-0.39, 0.29) is 17.5 Å². The normalized spacial score (nSPS) is 19.7. The lowest BCUT2D eigenvalue weighted by molar-refractivity contribution is -0.127. The van der Waals surface area contributed by atoms with Crippen molar-refractivity contribution < 1.29 is 18.4 Å². The minimum atomic E-state index is -1.07. The van der Waals surface area contributed by atoms with Gasteiger partial charge in [0.15, 0.2) is 11.6 Å². The van der Waals surface area contributed by atoms with Gasteiger partial charge in [0.2, 0.25) is 5.91 Å². The fourth-order valence-corrected chi connectivity index (χ4v) is 2.87. The zero-order chi connectivity index (χ0) is 15.7. The summed E-state index contributed by atoms with van der Waals surface area (Å²) in [4.78, 5) is 24.7. The third-order valence-corrected chi connectivity index (χ3v) is 4.34. The average molecular weight is 308 g/mol. The lowest BCUT2D eigenvalue weighted by Gasteiger charge is -2.29. The van der Waals surface area contributed by atoms with Crippen molar-refractivity contribution in [1.29, 1.82) is 0 Å². The van der Waals surface area contributed by atoms with Crippen molar-refractivity contribution >= 4 is 11.8 Å². The molecule has 0 bridgehead atoms. The Balaban J connectivity index is 1.76. The van der Waals surface area contributed by atoms with Gasteiger partial charge in [-0.3, -0.25) is 9.59 Å². The first-order valence-electron chi connectivity index (χ1n) is 7.59. The van der Waals surface area contributed by atoms with Gasteiger partial charge in [-0.2, -0.15) is 0 Å². The molecule has 2 N–H and O–H groups in total. The maximum absolute atomic E-state index is 13.3. The topological polar surface area (TPSA) is 58.2 Å². The van der Waals surface area contributed by atoms with E-state index in [1.54, 1.807) is 0 Å². The Bertz CT molecular complexity index is 608. The molecule has 2 amide bonds. The van der Waals surface area contributed by atoms with E-state index in [1.807, 2.05) is 0 Å². The van der Waals surface area contributed by atoms with Gasteiger partial charge < -0.3 is 10.6 Å². The van der Waals surface area contributed by atoms with Crippen LogP contribution in [-0.2, 0) is 4.79 Å². The summed E-state index contributed by atoms with van der Waals surface area (Å²) in [5.74, 6) is -2.79. The summed E-state index contributed by atoms with van der Waals surface area (Å²) in [6.45, 7) is 0. The molecule has 0 unspecified atom stereocenters. The molecular formula is C16H18F2N2O2. The molecule has 2 saturated carbocycles. The number of carbonyl (C=O) groups excluding carboxylic acids is 2. The summed E-state index contributed by atoms with van der Waals surface area (Å²) in [5, 5.41) is 5.67. The van der Waals surface area contributed by atoms with E-state index < -0.39 is 23.1 Å². The standard InChI is InChI=1S/C16H18F2N2O2/c17-12-6-3-10(9-13(12)18)14(21)20-16(7-1-2-8-16)15(22)19-11-4-5-11/h3,6,9,11H,1-2,4-5,7-8H2,(H,19,22)(H,20,21). The Morgan fingerprint density at radius 3 is 2.36 bits per heavy atom. The van der Waals surface area contributed by atoms with Crippen molar-refractivity contribution in [3.8, 4) is 0 Å². The van der Waals surface area contributed by atoms with Gasteiger partial charge in [-0.25, -0.2) is 8.78 Å². The van der Waals surface area contributed by atoms with E-state index in [9.17, 15) is 18.4 Å². The van der Waals surface area contributed by atoms with Crippen LogP contribution >= 0.6 is 0 Å². The Morgan fingerprint density at radius 1 is 1.09 bits per heavy atom. The van der Waals surface area contributed by atoms with Crippen LogP contribution in [0.5, 0.6) is 0 Å². The molecule has 0 spiro atoms. The summed E-state index contributed by atoms with van der Waals surface area (Å²) in [6.07, 6.45) is 4.80. The molecule has 0 radical (unpaired) electrons. The fourth-order valence-electron chi connectivity index (χ4n) is 2.87. The molecule has 0 heterocycles.